The normalized spacial score (nSPS) is 24.3. The Morgan fingerprint density at radius 3 is 3.00 bits per heavy atom. The van der Waals surface area contributed by atoms with E-state index in [4.69, 9.17) is 9.47 Å². The van der Waals surface area contributed by atoms with Gasteiger partial charge in [-0.3, -0.25) is 9.69 Å². The number of nitrogens with zero attached hydrogens (tertiary/aromatic N) is 1. The molecule has 94 valence electrons. The first-order valence-electron chi connectivity index (χ1n) is 6.05. The number of carbonyl (C=O) groups is 1. The molecule has 0 spiro atoms. The minimum atomic E-state index is -0.236. The number of hydrogen-bond donors (Lipinski definition) is 0. The third-order valence-electron chi connectivity index (χ3n) is 3.16. The average molecular weight is 229 g/mol. The number of methoxy groups -OCH3 is 1. The van der Waals surface area contributed by atoms with Crippen molar-refractivity contribution >= 4 is 5.78 Å². The van der Waals surface area contributed by atoms with Crippen molar-refractivity contribution in [2.45, 2.75) is 26.4 Å². The lowest BCUT2D eigenvalue weighted by molar-refractivity contribution is -0.140. The van der Waals surface area contributed by atoms with Crippen LogP contribution in [0, 0.1) is 5.92 Å². The van der Waals surface area contributed by atoms with E-state index < -0.39 is 0 Å². The number of morpholine rings is 1. The van der Waals surface area contributed by atoms with Crippen molar-refractivity contribution in [2.24, 2.45) is 5.92 Å². The molecule has 0 bridgehead atoms. The molecule has 16 heavy (non-hydrogen) atoms. The number of likely N-dealkylation sites (N-methyl/N-ethyl adjacent to an activating group) is 1. The Kier molecular flexibility index (Phi) is 5.95. The van der Waals surface area contributed by atoms with Gasteiger partial charge in [0.15, 0.2) is 5.78 Å². The van der Waals surface area contributed by atoms with Crippen LogP contribution >= 0.6 is 0 Å². The fraction of sp³-hybridized carbons (Fsp3) is 0.917. The molecular formula is C12H23NO3. The zero-order valence-corrected chi connectivity index (χ0v) is 10.6. The first-order valence-corrected chi connectivity index (χ1v) is 6.05. The minimum absolute atomic E-state index is 0.0294. The number of rotatable bonds is 6. The number of ketones is 1. The first kappa shape index (κ1) is 13.6. The molecule has 0 saturated carbocycles. The zero-order valence-electron chi connectivity index (χ0n) is 10.6. The average Bonchev–Trinajstić information content (AvgIpc) is 2.35. The lowest BCUT2D eigenvalue weighted by atomic mass is 9.97. The number of carbonyl (C=O) groups excluding carboxylic acids is 1. The number of Topliss-reactive ketones (excluding diaryl/α,β-unsaturated/α-hetero) is 1. The van der Waals surface area contributed by atoms with Gasteiger partial charge in [-0.05, 0) is 13.0 Å². The van der Waals surface area contributed by atoms with E-state index in [2.05, 4.69) is 11.8 Å². The summed E-state index contributed by atoms with van der Waals surface area (Å²) in [6.07, 6.45) is 0.543. The fourth-order valence-corrected chi connectivity index (χ4v) is 1.92. The molecule has 0 aromatic heterocycles. The predicted octanol–water partition coefficient (Wildman–Crippen LogP) is 0.949. The van der Waals surface area contributed by atoms with Gasteiger partial charge in [0.1, 0.15) is 6.10 Å². The largest absolute Gasteiger partial charge is 0.385 e. The lowest BCUT2D eigenvalue weighted by Crippen LogP contribution is -2.47. The molecule has 1 aliphatic heterocycles. The van der Waals surface area contributed by atoms with Crippen molar-refractivity contribution in [2.75, 3.05) is 40.0 Å². The van der Waals surface area contributed by atoms with Crippen molar-refractivity contribution in [3.63, 3.8) is 0 Å². The van der Waals surface area contributed by atoms with Crippen molar-refractivity contribution < 1.29 is 14.3 Å². The second-order valence-corrected chi connectivity index (χ2v) is 4.34. The molecule has 4 heteroatoms. The predicted molar refractivity (Wildman–Crippen MR) is 62.5 cm³/mol. The fourth-order valence-electron chi connectivity index (χ4n) is 1.92. The molecule has 2 atom stereocenters. The van der Waals surface area contributed by atoms with Crippen LogP contribution in [0.5, 0.6) is 0 Å². The van der Waals surface area contributed by atoms with Crippen LogP contribution in [-0.4, -0.2) is 56.7 Å². The molecule has 0 N–H and O–H groups in total. The van der Waals surface area contributed by atoms with Crippen LogP contribution < -0.4 is 0 Å². The van der Waals surface area contributed by atoms with Gasteiger partial charge in [-0.2, -0.15) is 0 Å². The molecule has 0 amide bonds. The zero-order chi connectivity index (χ0) is 12.0. The Labute approximate surface area is 97.9 Å². The maximum Gasteiger partial charge on any atom is 0.165 e. The topological polar surface area (TPSA) is 38.8 Å². The Bertz CT molecular complexity index is 220. The maximum atomic E-state index is 12.1. The summed E-state index contributed by atoms with van der Waals surface area (Å²) < 4.78 is 10.5. The van der Waals surface area contributed by atoms with Crippen molar-refractivity contribution in [1.29, 1.82) is 0 Å². The highest BCUT2D eigenvalue weighted by atomic mass is 16.5. The molecule has 1 fully saturated rings. The van der Waals surface area contributed by atoms with Gasteiger partial charge < -0.3 is 9.47 Å². The maximum absolute atomic E-state index is 12.1. The standard InChI is InChI=1S/C12H23NO3/c1-4-13-6-8-16-11(9-13)12(14)10(2)5-7-15-3/h10-11H,4-9H2,1-3H3. The van der Waals surface area contributed by atoms with Crippen LogP contribution in [0.4, 0.5) is 0 Å². The SMILES string of the molecule is CCN1CCOC(C(=O)C(C)CCOC)C1. The van der Waals surface area contributed by atoms with E-state index in [0.717, 1.165) is 26.1 Å². The Balaban J connectivity index is 2.40. The smallest absolute Gasteiger partial charge is 0.165 e. The van der Waals surface area contributed by atoms with E-state index in [0.29, 0.717) is 13.2 Å². The van der Waals surface area contributed by atoms with Crippen LogP contribution in [0.15, 0.2) is 0 Å². The van der Waals surface area contributed by atoms with Gasteiger partial charge in [0.25, 0.3) is 0 Å². The summed E-state index contributed by atoms with van der Waals surface area (Å²) in [5, 5.41) is 0. The lowest BCUT2D eigenvalue weighted by Gasteiger charge is -2.32. The van der Waals surface area contributed by atoms with E-state index >= 15 is 0 Å². The second-order valence-electron chi connectivity index (χ2n) is 4.34. The molecule has 1 saturated heterocycles. The summed E-state index contributed by atoms with van der Waals surface area (Å²) in [5.74, 6) is 0.247. The van der Waals surface area contributed by atoms with E-state index in [9.17, 15) is 4.79 Å². The van der Waals surface area contributed by atoms with E-state index in [1.54, 1.807) is 7.11 Å². The van der Waals surface area contributed by atoms with Gasteiger partial charge in [0, 0.05) is 32.7 Å². The van der Waals surface area contributed by atoms with Gasteiger partial charge in [-0.1, -0.05) is 13.8 Å². The summed E-state index contributed by atoms with van der Waals surface area (Å²) >= 11 is 0. The first-order chi connectivity index (χ1) is 7.69. The highest BCUT2D eigenvalue weighted by molar-refractivity contribution is 5.85. The molecule has 0 radical (unpaired) electrons. The highest BCUT2D eigenvalue weighted by Crippen LogP contribution is 2.13. The summed E-state index contributed by atoms with van der Waals surface area (Å²) in [4.78, 5) is 14.3. The molecule has 0 aromatic carbocycles. The van der Waals surface area contributed by atoms with Gasteiger partial charge >= 0.3 is 0 Å². The Morgan fingerprint density at radius 1 is 1.62 bits per heavy atom. The molecule has 4 nitrogen and oxygen atoms in total. The molecule has 0 aromatic rings. The molecular weight excluding hydrogens is 206 g/mol. The Hall–Kier alpha value is -0.450. The van der Waals surface area contributed by atoms with Crippen molar-refractivity contribution in [3.8, 4) is 0 Å². The van der Waals surface area contributed by atoms with Crippen LogP contribution in [0.25, 0.3) is 0 Å². The molecule has 1 heterocycles. The minimum Gasteiger partial charge on any atom is -0.385 e. The monoisotopic (exact) mass is 229 g/mol. The van der Waals surface area contributed by atoms with E-state index in [1.165, 1.54) is 0 Å². The molecule has 2 unspecified atom stereocenters. The van der Waals surface area contributed by atoms with Gasteiger partial charge in [0.2, 0.25) is 0 Å². The third-order valence-corrected chi connectivity index (χ3v) is 3.16. The molecule has 0 aliphatic carbocycles. The highest BCUT2D eigenvalue weighted by Gasteiger charge is 2.28. The summed E-state index contributed by atoms with van der Waals surface area (Å²) in [7, 11) is 1.66. The van der Waals surface area contributed by atoms with Crippen molar-refractivity contribution in [1.82, 2.24) is 4.90 Å². The van der Waals surface area contributed by atoms with Crippen LogP contribution in [0.1, 0.15) is 20.3 Å². The van der Waals surface area contributed by atoms with E-state index in [-0.39, 0.29) is 17.8 Å². The van der Waals surface area contributed by atoms with Crippen LogP contribution in [0.3, 0.4) is 0 Å². The summed E-state index contributed by atoms with van der Waals surface area (Å²) in [6, 6.07) is 0. The Morgan fingerprint density at radius 2 is 2.38 bits per heavy atom. The van der Waals surface area contributed by atoms with Gasteiger partial charge in [-0.25, -0.2) is 0 Å². The summed E-state index contributed by atoms with van der Waals surface area (Å²) in [6.45, 7) is 8.04. The van der Waals surface area contributed by atoms with Gasteiger partial charge in [-0.15, -0.1) is 0 Å². The van der Waals surface area contributed by atoms with Crippen molar-refractivity contribution in [3.05, 3.63) is 0 Å². The number of hydrogen-bond acceptors (Lipinski definition) is 4. The summed E-state index contributed by atoms with van der Waals surface area (Å²) in [5.41, 5.74) is 0. The number of ether oxygens (including phenoxy) is 2. The van der Waals surface area contributed by atoms with Crippen LogP contribution in [0.2, 0.25) is 0 Å². The van der Waals surface area contributed by atoms with Crippen LogP contribution in [-0.2, 0) is 14.3 Å². The van der Waals surface area contributed by atoms with Gasteiger partial charge in [0.05, 0.1) is 6.61 Å². The third kappa shape index (κ3) is 3.85. The quantitative estimate of drug-likeness (QED) is 0.680. The van der Waals surface area contributed by atoms with E-state index in [1.807, 2.05) is 6.92 Å². The molecule has 1 rings (SSSR count). The second kappa shape index (κ2) is 6.99. The molecule has 1 aliphatic rings.